The summed E-state index contributed by atoms with van der Waals surface area (Å²) in [5.41, 5.74) is 4.40. The van der Waals surface area contributed by atoms with Gasteiger partial charge in [-0.25, -0.2) is 4.39 Å². The number of rotatable bonds is 3. The van der Waals surface area contributed by atoms with E-state index in [9.17, 15) is 9.18 Å². The fourth-order valence-electron chi connectivity index (χ4n) is 4.12. The molecule has 1 saturated heterocycles. The average molecular weight is 395 g/mol. The number of carbonyl (C=O) groups is 1. The Morgan fingerprint density at radius 3 is 2.59 bits per heavy atom. The van der Waals surface area contributed by atoms with E-state index in [-0.39, 0.29) is 22.6 Å². The second kappa shape index (κ2) is 8.10. The smallest absolute Gasteiger partial charge is 0.227 e. The minimum absolute atomic E-state index is 0.0410. The Morgan fingerprint density at radius 1 is 1.24 bits per heavy atom. The van der Waals surface area contributed by atoms with Crippen LogP contribution in [0, 0.1) is 16.6 Å². The van der Waals surface area contributed by atoms with Gasteiger partial charge in [0.15, 0.2) is 0 Å². The van der Waals surface area contributed by atoms with Gasteiger partial charge in [-0.2, -0.15) is 0 Å². The highest BCUT2D eigenvalue weighted by Gasteiger charge is 2.41. The van der Waals surface area contributed by atoms with Crippen LogP contribution in [0.2, 0.25) is 0 Å². The molecule has 0 saturated carbocycles. The predicted octanol–water partition coefficient (Wildman–Crippen LogP) is 5.80. The zero-order valence-corrected chi connectivity index (χ0v) is 18.1. The van der Waals surface area contributed by atoms with E-state index in [1.807, 2.05) is 38.0 Å². The van der Waals surface area contributed by atoms with E-state index >= 15 is 0 Å². The number of likely N-dealkylation sites (tertiary alicyclic amines) is 1. The van der Waals surface area contributed by atoms with Gasteiger partial charge >= 0.3 is 0 Å². The number of allylic oxidation sites excluding steroid dienone is 3. The van der Waals surface area contributed by atoms with E-state index in [1.54, 1.807) is 18.3 Å². The van der Waals surface area contributed by atoms with Crippen LogP contribution in [0.5, 0.6) is 0 Å². The van der Waals surface area contributed by atoms with E-state index in [4.69, 9.17) is 0 Å². The number of aliphatic imine (C=N–C) groups is 1. The van der Waals surface area contributed by atoms with E-state index in [0.29, 0.717) is 0 Å². The van der Waals surface area contributed by atoms with Gasteiger partial charge in [0.1, 0.15) is 5.82 Å². The fourth-order valence-corrected chi connectivity index (χ4v) is 4.12. The van der Waals surface area contributed by atoms with Gasteiger partial charge in [-0.3, -0.25) is 9.79 Å². The van der Waals surface area contributed by atoms with Crippen molar-refractivity contribution in [3.63, 3.8) is 0 Å². The molecule has 154 valence electrons. The Bertz CT molecular complexity index is 900. The summed E-state index contributed by atoms with van der Waals surface area (Å²) in [6, 6.07) is 6.34. The van der Waals surface area contributed by atoms with Crippen LogP contribution in [0.15, 0.2) is 58.3 Å². The van der Waals surface area contributed by atoms with Crippen molar-refractivity contribution >= 4 is 18.2 Å². The van der Waals surface area contributed by atoms with Gasteiger partial charge < -0.3 is 4.90 Å². The van der Waals surface area contributed by atoms with Crippen molar-refractivity contribution in [3.05, 3.63) is 64.6 Å². The predicted molar refractivity (Wildman–Crippen MR) is 118 cm³/mol. The molecule has 0 spiro atoms. The molecule has 3 nitrogen and oxygen atoms in total. The van der Waals surface area contributed by atoms with E-state index in [2.05, 4.69) is 24.9 Å². The van der Waals surface area contributed by atoms with E-state index < -0.39 is 0 Å². The lowest BCUT2D eigenvalue weighted by Gasteiger charge is -2.46. The van der Waals surface area contributed by atoms with Crippen LogP contribution in [0.25, 0.3) is 6.08 Å². The fraction of sp³-hybridized carbons (Fsp3) is 0.440. The summed E-state index contributed by atoms with van der Waals surface area (Å²) in [6.07, 6.45) is 9.62. The number of halogens is 1. The molecule has 2 aliphatic rings. The minimum Gasteiger partial charge on any atom is -0.341 e. The molecule has 0 bridgehead atoms. The van der Waals surface area contributed by atoms with Crippen molar-refractivity contribution in [2.24, 2.45) is 15.8 Å². The van der Waals surface area contributed by atoms with Crippen molar-refractivity contribution in [2.45, 2.75) is 47.5 Å². The maximum atomic E-state index is 13.0. The Hall–Kier alpha value is -2.49. The van der Waals surface area contributed by atoms with Crippen molar-refractivity contribution in [1.82, 2.24) is 4.90 Å². The van der Waals surface area contributed by atoms with Gasteiger partial charge in [0.05, 0.1) is 0 Å². The highest BCUT2D eigenvalue weighted by atomic mass is 19.1. The number of fused-ring (bicyclic) bond motifs is 1. The SMILES string of the molecule is CC1=C(/C=N\C=C/c2ccc(F)cc2)CC2(C)CN(C(=O)C(C)(C)C)CCC2=C1. The van der Waals surface area contributed by atoms with Gasteiger partial charge in [-0.15, -0.1) is 0 Å². The zero-order chi connectivity index (χ0) is 21.2. The standard InChI is InChI=1S/C25H31FN2O/c1-18-14-21-11-13-28(23(29)24(2,3)4)17-25(21,5)15-20(18)16-27-12-10-19-6-8-22(26)9-7-19/h6-10,12,14,16H,11,13,15,17H2,1-5H3/b12-10-,27-16-. The number of nitrogens with zero attached hydrogens (tertiary/aromatic N) is 2. The highest BCUT2D eigenvalue weighted by Crippen LogP contribution is 2.44. The van der Waals surface area contributed by atoms with Gasteiger partial charge in [-0.05, 0) is 54.7 Å². The van der Waals surface area contributed by atoms with Crippen molar-refractivity contribution in [1.29, 1.82) is 0 Å². The summed E-state index contributed by atoms with van der Waals surface area (Å²) in [5, 5.41) is 0. The van der Waals surface area contributed by atoms with Crippen LogP contribution in [0.3, 0.4) is 0 Å². The molecule has 0 N–H and O–H groups in total. The summed E-state index contributed by atoms with van der Waals surface area (Å²) < 4.78 is 13.0. The summed E-state index contributed by atoms with van der Waals surface area (Å²) in [5.74, 6) is -0.0163. The topological polar surface area (TPSA) is 32.7 Å². The second-order valence-electron chi connectivity index (χ2n) is 9.49. The summed E-state index contributed by atoms with van der Waals surface area (Å²) >= 11 is 0. The van der Waals surface area contributed by atoms with Crippen molar-refractivity contribution in [2.75, 3.05) is 13.1 Å². The Balaban J connectivity index is 1.72. The first kappa shape index (κ1) is 21.2. The molecule has 1 amide bonds. The number of hydrogen-bond donors (Lipinski definition) is 0. The molecule has 0 radical (unpaired) electrons. The molecule has 29 heavy (non-hydrogen) atoms. The van der Waals surface area contributed by atoms with Crippen LogP contribution >= 0.6 is 0 Å². The molecule has 1 unspecified atom stereocenters. The molecule has 1 aromatic carbocycles. The molecule has 1 aliphatic carbocycles. The normalized spacial score (nSPS) is 23.0. The summed E-state index contributed by atoms with van der Waals surface area (Å²) in [4.78, 5) is 19.3. The van der Waals surface area contributed by atoms with Crippen LogP contribution < -0.4 is 0 Å². The number of amides is 1. The first-order chi connectivity index (χ1) is 13.6. The third-order valence-corrected chi connectivity index (χ3v) is 5.83. The first-order valence-corrected chi connectivity index (χ1v) is 10.2. The lowest BCUT2D eigenvalue weighted by Crippen LogP contribution is -2.50. The van der Waals surface area contributed by atoms with Crippen LogP contribution in [-0.4, -0.2) is 30.1 Å². The van der Waals surface area contributed by atoms with Gasteiger partial charge in [0.2, 0.25) is 5.91 Å². The quantitative estimate of drug-likeness (QED) is 0.597. The maximum Gasteiger partial charge on any atom is 0.227 e. The Labute approximate surface area is 173 Å². The van der Waals surface area contributed by atoms with Crippen molar-refractivity contribution in [3.8, 4) is 0 Å². The lowest BCUT2D eigenvalue weighted by molar-refractivity contribution is -0.141. The number of carbonyl (C=O) groups excluding carboxylic acids is 1. The minimum atomic E-state index is -0.354. The lowest BCUT2D eigenvalue weighted by atomic mass is 9.68. The maximum absolute atomic E-state index is 13.0. The summed E-state index contributed by atoms with van der Waals surface area (Å²) in [7, 11) is 0. The largest absolute Gasteiger partial charge is 0.341 e. The van der Waals surface area contributed by atoms with E-state index in [1.165, 1.54) is 28.9 Å². The van der Waals surface area contributed by atoms with Crippen LogP contribution in [-0.2, 0) is 4.79 Å². The highest BCUT2D eigenvalue weighted by molar-refractivity contribution is 5.83. The molecule has 1 aliphatic heterocycles. The van der Waals surface area contributed by atoms with Crippen LogP contribution in [0.4, 0.5) is 4.39 Å². The summed E-state index contributed by atoms with van der Waals surface area (Å²) in [6.45, 7) is 11.9. The monoisotopic (exact) mass is 394 g/mol. The van der Waals surface area contributed by atoms with Crippen LogP contribution in [0.1, 0.15) is 53.0 Å². The third kappa shape index (κ3) is 4.92. The molecule has 3 rings (SSSR count). The molecular weight excluding hydrogens is 363 g/mol. The molecule has 1 atom stereocenters. The average Bonchev–Trinajstić information content (AvgIpc) is 2.65. The third-order valence-electron chi connectivity index (χ3n) is 5.83. The van der Waals surface area contributed by atoms with Gasteiger partial charge in [0.25, 0.3) is 0 Å². The number of benzene rings is 1. The molecule has 1 aromatic rings. The molecule has 1 fully saturated rings. The zero-order valence-electron chi connectivity index (χ0n) is 18.1. The molecule has 4 heteroatoms. The second-order valence-corrected chi connectivity index (χ2v) is 9.49. The molecular formula is C25H31FN2O. The Kier molecular flexibility index (Phi) is 5.92. The van der Waals surface area contributed by atoms with Gasteiger partial charge in [-0.1, -0.05) is 51.5 Å². The first-order valence-electron chi connectivity index (χ1n) is 10.2. The molecule has 0 aromatic heterocycles. The number of hydrogen-bond acceptors (Lipinski definition) is 2. The number of piperidine rings is 1. The van der Waals surface area contributed by atoms with E-state index in [0.717, 1.165) is 31.5 Å². The molecule has 1 heterocycles. The van der Waals surface area contributed by atoms with Gasteiger partial charge in [0, 0.05) is 36.3 Å². The Morgan fingerprint density at radius 2 is 1.93 bits per heavy atom. The van der Waals surface area contributed by atoms with Crippen molar-refractivity contribution < 1.29 is 9.18 Å².